The molecule has 0 bridgehead atoms. The van der Waals surface area contributed by atoms with Crippen molar-refractivity contribution in [2.75, 3.05) is 6.61 Å². The van der Waals surface area contributed by atoms with Crippen LogP contribution in [0.15, 0.2) is 72.8 Å². The van der Waals surface area contributed by atoms with Gasteiger partial charge in [-0.1, -0.05) is 41.6 Å². The number of esters is 1. The van der Waals surface area contributed by atoms with Crippen LogP contribution in [-0.4, -0.2) is 38.3 Å². The second kappa shape index (κ2) is 8.54. The number of nitro groups is 1. The van der Waals surface area contributed by atoms with Crippen molar-refractivity contribution < 1.29 is 19.2 Å². The SMILES string of the molecule is O=C(COC(=O)c1ccc(Cn2nnc3ccccc32)cc1)c1cccc([N+](=O)[O-])c1. The molecule has 4 aromatic rings. The van der Waals surface area contributed by atoms with Crippen molar-refractivity contribution >= 4 is 28.5 Å². The fourth-order valence-electron chi connectivity index (χ4n) is 3.04. The standard InChI is InChI=1S/C22H16N4O5/c27-21(17-4-3-5-18(12-17)26(29)30)14-31-22(28)16-10-8-15(9-11-16)13-25-20-7-2-1-6-19(20)23-24-25/h1-12H,13-14H2. The molecule has 0 aliphatic heterocycles. The number of para-hydroxylation sites is 1. The quantitative estimate of drug-likeness (QED) is 0.196. The summed E-state index contributed by atoms with van der Waals surface area (Å²) < 4.78 is 6.83. The number of rotatable bonds is 7. The molecule has 0 unspecified atom stereocenters. The van der Waals surface area contributed by atoms with Crippen molar-refractivity contribution in [3.05, 3.63) is 99.6 Å². The second-order valence-corrected chi connectivity index (χ2v) is 6.74. The van der Waals surface area contributed by atoms with Crippen LogP contribution >= 0.6 is 0 Å². The van der Waals surface area contributed by atoms with Crippen molar-refractivity contribution in [3.8, 4) is 0 Å². The van der Waals surface area contributed by atoms with Gasteiger partial charge in [-0.15, -0.1) is 5.10 Å². The van der Waals surface area contributed by atoms with Gasteiger partial charge in [0.05, 0.1) is 22.5 Å². The van der Waals surface area contributed by atoms with E-state index in [4.69, 9.17) is 4.74 Å². The third-order valence-corrected chi connectivity index (χ3v) is 4.66. The Morgan fingerprint density at radius 3 is 2.52 bits per heavy atom. The highest BCUT2D eigenvalue weighted by atomic mass is 16.6. The largest absolute Gasteiger partial charge is 0.454 e. The molecule has 9 nitrogen and oxygen atoms in total. The molecule has 31 heavy (non-hydrogen) atoms. The van der Waals surface area contributed by atoms with Crippen molar-refractivity contribution in [1.29, 1.82) is 0 Å². The summed E-state index contributed by atoms with van der Waals surface area (Å²) in [5, 5.41) is 19.1. The molecule has 154 valence electrons. The summed E-state index contributed by atoms with van der Waals surface area (Å²) in [6.45, 7) is -0.0200. The molecule has 0 fully saturated rings. The minimum Gasteiger partial charge on any atom is -0.454 e. The summed E-state index contributed by atoms with van der Waals surface area (Å²) >= 11 is 0. The first-order chi connectivity index (χ1) is 15.0. The van der Waals surface area contributed by atoms with E-state index in [1.54, 1.807) is 28.9 Å². The van der Waals surface area contributed by atoms with Crippen LogP contribution in [0.5, 0.6) is 0 Å². The zero-order chi connectivity index (χ0) is 21.8. The first-order valence-corrected chi connectivity index (χ1v) is 9.33. The maximum absolute atomic E-state index is 12.2. The first-order valence-electron chi connectivity index (χ1n) is 9.33. The molecule has 0 radical (unpaired) electrons. The number of hydrogen-bond acceptors (Lipinski definition) is 7. The van der Waals surface area contributed by atoms with Gasteiger partial charge in [0.15, 0.2) is 6.61 Å². The van der Waals surface area contributed by atoms with Crippen LogP contribution in [0.4, 0.5) is 5.69 Å². The fourth-order valence-corrected chi connectivity index (χ4v) is 3.04. The lowest BCUT2D eigenvalue weighted by atomic mass is 10.1. The fraction of sp³-hybridized carbons (Fsp3) is 0.0909. The Morgan fingerprint density at radius 2 is 1.74 bits per heavy atom. The summed E-state index contributed by atoms with van der Waals surface area (Å²) in [5.41, 5.74) is 2.83. The third kappa shape index (κ3) is 4.45. The van der Waals surface area contributed by atoms with Crippen LogP contribution in [0.2, 0.25) is 0 Å². The van der Waals surface area contributed by atoms with Crippen LogP contribution in [-0.2, 0) is 11.3 Å². The maximum atomic E-state index is 12.2. The van der Waals surface area contributed by atoms with E-state index < -0.39 is 23.3 Å². The summed E-state index contributed by atoms with van der Waals surface area (Å²) in [4.78, 5) is 34.7. The zero-order valence-electron chi connectivity index (χ0n) is 16.2. The van der Waals surface area contributed by atoms with Crippen molar-refractivity contribution in [2.45, 2.75) is 6.54 Å². The normalized spacial score (nSPS) is 10.7. The number of nitrogens with zero attached hydrogens (tertiary/aromatic N) is 4. The van der Waals surface area contributed by atoms with Gasteiger partial charge in [-0.25, -0.2) is 9.48 Å². The van der Waals surface area contributed by atoms with Crippen molar-refractivity contribution in [3.63, 3.8) is 0 Å². The van der Waals surface area contributed by atoms with Gasteiger partial charge in [-0.2, -0.15) is 0 Å². The van der Waals surface area contributed by atoms with Crippen LogP contribution in [0.25, 0.3) is 11.0 Å². The van der Waals surface area contributed by atoms with Crippen molar-refractivity contribution in [1.82, 2.24) is 15.0 Å². The number of carbonyl (C=O) groups excluding carboxylic acids is 2. The smallest absolute Gasteiger partial charge is 0.338 e. The molecule has 1 heterocycles. The summed E-state index contributed by atoms with van der Waals surface area (Å²) in [6.07, 6.45) is 0. The molecule has 0 aliphatic rings. The predicted octanol–water partition coefficient (Wildman–Crippen LogP) is 3.43. The molecule has 1 aromatic heterocycles. The highest BCUT2D eigenvalue weighted by Crippen LogP contribution is 2.15. The van der Waals surface area contributed by atoms with Crippen LogP contribution in [0.3, 0.4) is 0 Å². The number of fused-ring (bicyclic) bond motifs is 1. The Kier molecular flexibility index (Phi) is 5.48. The van der Waals surface area contributed by atoms with Crippen LogP contribution in [0, 0.1) is 10.1 Å². The number of benzene rings is 3. The van der Waals surface area contributed by atoms with Gasteiger partial charge < -0.3 is 4.74 Å². The van der Waals surface area contributed by atoms with Crippen LogP contribution < -0.4 is 0 Å². The van der Waals surface area contributed by atoms with Gasteiger partial charge in [0.2, 0.25) is 5.78 Å². The van der Waals surface area contributed by atoms with E-state index in [9.17, 15) is 19.7 Å². The number of ether oxygens (including phenoxy) is 1. The molecular weight excluding hydrogens is 400 g/mol. The lowest BCUT2D eigenvalue weighted by molar-refractivity contribution is -0.384. The molecule has 9 heteroatoms. The van der Waals surface area contributed by atoms with E-state index in [0.717, 1.165) is 22.7 Å². The lowest BCUT2D eigenvalue weighted by Gasteiger charge is -2.06. The Morgan fingerprint density at radius 1 is 0.968 bits per heavy atom. The average Bonchev–Trinajstić information content (AvgIpc) is 3.20. The Balaban J connectivity index is 1.37. The van der Waals surface area contributed by atoms with E-state index in [1.807, 2.05) is 24.3 Å². The maximum Gasteiger partial charge on any atom is 0.338 e. The number of non-ortho nitro benzene ring substituents is 1. The van der Waals surface area contributed by atoms with Gasteiger partial charge in [0, 0.05) is 17.7 Å². The lowest BCUT2D eigenvalue weighted by Crippen LogP contribution is -2.14. The van der Waals surface area contributed by atoms with Gasteiger partial charge in [0.1, 0.15) is 5.52 Å². The molecule has 0 amide bonds. The molecule has 0 atom stereocenters. The summed E-state index contributed by atoms with van der Waals surface area (Å²) in [5.74, 6) is -1.18. The Labute approximate surface area is 176 Å². The topological polar surface area (TPSA) is 117 Å². The molecular formula is C22H16N4O5. The summed E-state index contributed by atoms with van der Waals surface area (Å²) in [6, 6.07) is 19.7. The first kappa shape index (κ1) is 19.9. The van der Waals surface area contributed by atoms with Gasteiger partial charge in [-0.3, -0.25) is 14.9 Å². The van der Waals surface area contributed by atoms with Gasteiger partial charge >= 0.3 is 5.97 Å². The van der Waals surface area contributed by atoms with E-state index in [0.29, 0.717) is 12.1 Å². The number of nitro benzene ring substituents is 1. The number of hydrogen-bond donors (Lipinski definition) is 0. The van der Waals surface area contributed by atoms with E-state index in [1.165, 1.54) is 18.2 Å². The van der Waals surface area contributed by atoms with E-state index >= 15 is 0 Å². The zero-order valence-corrected chi connectivity index (χ0v) is 16.2. The van der Waals surface area contributed by atoms with Gasteiger partial charge in [0.25, 0.3) is 5.69 Å². The number of ketones is 1. The molecule has 0 saturated heterocycles. The molecule has 4 rings (SSSR count). The van der Waals surface area contributed by atoms with E-state index in [2.05, 4.69) is 10.3 Å². The van der Waals surface area contributed by atoms with Crippen LogP contribution in [0.1, 0.15) is 26.3 Å². The Hall–Kier alpha value is -4.40. The number of carbonyl (C=O) groups is 2. The van der Waals surface area contributed by atoms with E-state index in [-0.39, 0.29) is 11.3 Å². The third-order valence-electron chi connectivity index (χ3n) is 4.66. The second-order valence-electron chi connectivity index (χ2n) is 6.74. The molecule has 0 aliphatic carbocycles. The average molecular weight is 416 g/mol. The highest BCUT2D eigenvalue weighted by Gasteiger charge is 2.15. The van der Waals surface area contributed by atoms with Crippen molar-refractivity contribution in [2.24, 2.45) is 0 Å². The number of Topliss-reactive ketones (excluding diaryl/α,β-unsaturated/α-hetero) is 1. The molecule has 0 saturated carbocycles. The molecule has 3 aromatic carbocycles. The molecule has 0 N–H and O–H groups in total. The number of aromatic nitrogens is 3. The minimum atomic E-state index is -0.656. The molecule has 0 spiro atoms. The highest BCUT2D eigenvalue weighted by molar-refractivity contribution is 5.99. The minimum absolute atomic E-state index is 0.109. The monoisotopic (exact) mass is 416 g/mol. The summed E-state index contributed by atoms with van der Waals surface area (Å²) in [7, 11) is 0. The Bertz CT molecular complexity index is 1280. The predicted molar refractivity (Wildman–Crippen MR) is 111 cm³/mol. The van der Waals surface area contributed by atoms with Gasteiger partial charge in [-0.05, 0) is 29.8 Å².